The van der Waals surface area contributed by atoms with Crippen molar-refractivity contribution in [3.63, 3.8) is 0 Å². The fourth-order valence-electron chi connectivity index (χ4n) is 3.57. The summed E-state index contributed by atoms with van der Waals surface area (Å²) in [6.07, 6.45) is 0.724. The zero-order chi connectivity index (χ0) is 26.4. The number of halogens is 1. The van der Waals surface area contributed by atoms with Gasteiger partial charge in [0.15, 0.2) is 6.07 Å². The maximum absolute atomic E-state index is 12.8. The first kappa shape index (κ1) is 30.3. The van der Waals surface area contributed by atoms with Crippen molar-refractivity contribution in [3.8, 4) is 0 Å². The van der Waals surface area contributed by atoms with E-state index < -0.39 is 0 Å². The SMILES string of the molecule is CC.Cc1ccc(NC(=O)Nc2cc(CCC(=O)OCCl)ccc2N(CC(C)C)CC(C)C)cc1. The molecule has 2 aromatic rings. The van der Waals surface area contributed by atoms with Gasteiger partial charge in [-0.25, -0.2) is 4.79 Å². The van der Waals surface area contributed by atoms with Crippen molar-refractivity contribution in [3.05, 3.63) is 53.6 Å². The van der Waals surface area contributed by atoms with Gasteiger partial charge in [0.2, 0.25) is 0 Å². The molecule has 7 heteroatoms. The van der Waals surface area contributed by atoms with Gasteiger partial charge in [-0.15, -0.1) is 0 Å². The van der Waals surface area contributed by atoms with Gasteiger partial charge in [-0.2, -0.15) is 0 Å². The highest BCUT2D eigenvalue weighted by atomic mass is 35.5. The second-order valence-corrected chi connectivity index (χ2v) is 9.33. The first-order chi connectivity index (χ1) is 16.7. The van der Waals surface area contributed by atoms with E-state index in [2.05, 4.69) is 43.2 Å². The van der Waals surface area contributed by atoms with Crippen molar-refractivity contribution in [1.82, 2.24) is 0 Å². The van der Waals surface area contributed by atoms with Gasteiger partial charge in [-0.1, -0.05) is 76.9 Å². The number of aryl methyl sites for hydroxylation is 2. The Hall–Kier alpha value is -2.73. The largest absolute Gasteiger partial charge is 0.449 e. The molecule has 194 valence electrons. The van der Waals surface area contributed by atoms with Crippen LogP contribution in [0.2, 0.25) is 0 Å². The lowest BCUT2D eigenvalue weighted by Crippen LogP contribution is -2.32. The van der Waals surface area contributed by atoms with E-state index in [1.807, 2.05) is 63.2 Å². The van der Waals surface area contributed by atoms with Gasteiger partial charge in [-0.05, 0) is 55.0 Å². The Bertz CT molecular complexity index is 904. The van der Waals surface area contributed by atoms with Crippen molar-refractivity contribution >= 4 is 40.7 Å². The summed E-state index contributed by atoms with van der Waals surface area (Å²) in [6, 6.07) is 13.1. The summed E-state index contributed by atoms with van der Waals surface area (Å²) in [6.45, 7) is 16.5. The highest BCUT2D eigenvalue weighted by Gasteiger charge is 2.17. The number of alkyl halides is 1. The molecular formula is C28H42ClN3O3. The van der Waals surface area contributed by atoms with Crippen LogP contribution in [0.25, 0.3) is 0 Å². The van der Waals surface area contributed by atoms with Gasteiger partial charge in [0, 0.05) is 25.2 Å². The van der Waals surface area contributed by atoms with Gasteiger partial charge < -0.3 is 20.3 Å². The summed E-state index contributed by atoms with van der Waals surface area (Å²) in [7, 11) is 0. The molecule has 6 nitrogen and oxygen atoms in total. The molecule has 0 radical (unpaired) electrons. The average molecular weight is 504 g/mol. The monoisotopic (exact) mass is 503 g/mol. The lowest BCUT2D eigenvalue weighted by atomic mass is 10.1. The summed E-state index contributed by atoms with van der Waals surface area (Å²) in [4.78, 5) is 26.9. The van der Waals surface area contributed by atoms with Crippen molar-refractivity contribution in [2.24, 2.45) is 11.8 Å². The molecule has 0 heterocycles. The molecule has 0 unspecified atom stereocenters. The summed E-state index contributed by atoms with van der Waals surface area (Å²) < 4.78 is 4.82. The van der Waals surface area contributed by atoms with E-state index in [1.165, 1.54) is 0 Å². The number of rotatable bonds is 11. The normalized spacial score (nSPS) is 10.5. The number of ether oxygens (including phenoxy) is 1. The van der Waals surface area contributed by atoms with Crippen LogP contribution in [0.15, 0.2) is 42.5 Å². The Kier molecular flexibility index (Phi) is 13.9. The highest BCUT2D eigenvalue weighted by Crippen LogP contribution is 2.30. The molecule has 0 aliphatic heterocycles. The van der Waals surface area contributed by atoms with Crippen LogP contribution >= 0.6 is 11.6 Å². The second kappa shape index (κ2) is 16.0. The lowest BCUT2D eigenvalue weighted by molar-refractivity contribution is -0.141. The van der Waals surface area contributed by atoms with Gasteiger partial charge in [-0.3, -0.25) is 4.79 Å². The van der Waals surface area contributed by atoms with E-state index in [0.717, 1.165) is 35.6 Å². The molecule has 2 rings (SSSR count). The molecule has 35 heavy (non-hydrogen) atoms. The lowest BCUT2D eigenvalue weighted by Gasteiger charge is -2.30. The maximum atomic E-state index is 12.8. The van der Waals surface area contributed by atoms with Crippen molar-refractivity contribution in [1.29, 1.82) is 0 Å². The van der Waals surface area contributed by atoms with E-state index in [1.54, 1.807) is 0 Å². The third kappa shape index (κ3) is 11.5. The molecule has 0 spiro atoms. The number of hydrogen-bond acceptors (Lipinski definition) is 4. The predicted octanol–water partition coefficient (Wildman–Crippen LogP) is 7.46. The number of nitrogens with one attached hydrogen (secondary N) is 2. The van der Waals surface area contributed by atoms with Crippen LogP contribution in [0.3, 0.4) is 0 Å². The molecule has 0 aliphatic carbocycles. The first-order valence-electron chi connectivity index (χ1n) is 12.4. The smallest absolute Gasteiger partial charge is 0.323 e. The summed E-state index contributed by atoms with van der Waals surface area (Å²) >= 11 is 5.47. The van der Waals surface area contributed by atoms with E-state index >= 15 is 0 Å². The van der Waals surface area contributed by atoms with E-state index in [-0.39, 0.29) is 24.5 Å². The minimum atomic E-state index is -0.345. The number of carbonyl (C=O) groups excluding carboxylic acids is 2. The predicted molar refractivity (Wildman–Crippen MR) is 149 cm³/mol. The van der Waals surface area contributed by atoms with Crippen LogP contribution in [0, 0.1) is 18.8 Å². The van der Waals surface area contributed by atoms with Crippen molar-refractivity contribution in [2.45, 2.75) is 61.3 Å². The van der Waals surface area contributed by atoms with Crippen molar-refractivity contribution < 1.29 is 14.3 Å². The van der Waals surface area contributed by atoms with E-state index in [0.29, 0.717) is 23.9 Å². The van der Waals surface area contributed by atoms with Crippen LogP contribution < -0.4 is 15.5 Å². The summed E-state index contributed by atoms with van der Waals surface area (Å²) in [5, 5.41) is 5.92. The van der Waals surface area contributed by atoms with Crippen LogP contribution in [-0.2, 0) is 16.0 Å². The topological polar surface area (TPSA) is 70.7 Å². The fourth-order valence-corrected chi connectivity index (χ4v) is 3.69. The second-order valence-electron chi connectivity index (χ2n) is 9.11. The van der Waals surface area contributed by atoms with E-state index in [9.17, 15) is 9.59 Å². The number of benzene rings is 2. The van der Waals surface area contributed by atoms with Crippen LogP contribution in [0.5, 0.6) is 0 Å². The van der Waals surface area contributed by atoms with Gasteiger partial charge in [0.25, 0.3) is 0 Å². The number of urea groups is 1. The highest BCUT2D eigenvalue weighted by molar-refractivity contribution is 6.17. The molecule has 0 aromatic heterocycles. The fraction of sp³-hybridized carbons (Fsp3) is 0.500. The van der Waals surface area contributed by atoms with Gasteiger partial charge in [0.1, 0.15) is 0 Å². The maximum Gasteiger partial charge on any atom is 0.323 e. The third-order valence-corrected chi connectivity index (χ3v) is 5.07. The summed E-state index contributed by atoms with van der Waals surface area (Å²) in [5.74, 6) is 0.577. The minimum Gasteiger partial charge on any atom is -0.449 e. The standard InChI is InChI=1S/C26H36ClN3O3.C2H6/c1-18(2)15-30(16-19(3)4)24-12-8-21(9-13-25(31)33-17-27)14-23(24)29-26(32)28-22-10-6-20(5)7-11-22;1-2/h6-8,10-12,14,18-19H,9,13,15-17H2,1-5H3,(H2,28,29,32);1-2H3. The molecule has 0 atom stereocenters. The van der Waals surface area contributed by atoms with Gasteiger partial charge >= 0.3 is 12.0 Å². The Morgan fingerprint density at radius 1 is 0.943 bits per heavy atom. The molecule has 0 fully saturated rings. The van der Waals surface area contributed by atoms with Gasteiger partial charge in [0.05, 0.1) is 11.4 Å². The number of esters is 1. The molecule has 2 N–H and O–H groups in total. The Labute approximate surface area is 216 Å². The average Bonchev–Trinajstić information content (AvgIpc) is 2.80. The minimum absolute atomic E-state index is 0.150. The quantitative estimate of drug-likeness (QED) is 0.246. The number of hydrogen-bond donors (Lipinski definition) is 2. The molecule has 0 aliphatic rings. The number of amides is 2. The Balaban J connectivity index is 0.00000298. The zero-order valence-electron chi connectivity index (χ0n) is 22.3. The molecule has 0 saturated carbocycles. The number of anilines is 3. The van der Waals surface area contributed by atoms with Crippen LogP contribution in [0.4, 0.5) is 21.9 Å². The summed E-state index contributed by atoms with van der Waals surface area (Å²) in [5.41, 5.74) is 4.46. The van der Waals surface area contributed by atoms with Crippen LogP contribution in [0.1, 0.15) is 59.1 Å². The molecule has 2 amide bonds. The Morgan fingerprint density at radius 3 is 2.09 bits per heavy atom. The molecule has 2 aromatic carbocycles. The number of nitrogens with zero attached hydrogens (tertiary/aromatic N) is 1. The third-order valence-electron chi connectivity index (χ3n) is 4.96. The first-order valence-corrected chi connectivity index (χ1v) is 13.0. The molecule has 0 bridgehead atoms. The molecular weight excluding hydrogens is 462 g/mol. The van der Waals surface area contributed by atoms with Crippen molar-refractivity contribution in [2.75, 3.05) is 34.7 Å². The number of carbonyl (C=O) groups is 2. The zero-order valence-corrected chi connectivity index (χ0v) is 23.0. The van der Waals surface area contributed by atoms with Crippen LogP contribution in [-0.4, -0.2) is 31.2 Å². The Morgan fingerprint density at radius 2 is 1.54 bits per heavy atom. The van der Waals surface area contributed by atoms with E-state index in [4.69, 9.17) is 16.3 Å². The molecule has 0 saturated heterocycles.